The highest BCUT2D eigenvalue weighted by molar-refractivity contribution is 5.84. The first-order valence-electron chi connectivity index (χ1n) is 8.06. The highest BCUT2D eigenvalue weighted by atomic mass is 19.1. The Balaban J connectivity index is 2.44. The van der Waals surface area contributed by atoms with Crippen LogP contribution in [0.3, 0.4) is 0 Å². The maximum absolute atomic E-state index is 13.0. The molecule has 128 valence electrons. The molecule has 0 heterocycles. The number of benzene rings is 1. The normalized spacial score (nSPS) is 12.0. The Kier molecular flexibility index (Phi) is 8.26. The Morgan fingerprint density at radius 3 is 2.35 bits per heavy atom. The van der Waals surface area contributed by atoms with Gasteiger partial charge in [-0.25, -0.2) is 4.39 Å². The zero-order chi connectivity index (χ0) is 17.2. The lowest BCUT2D eigenvalue weighted by molar-refractivity contribution is -0.692. The van der Waals surface area contributed by atoms with Gasteiger partial charge in [0.2, 0.25) is 5.91 Å². The number of carbonyl (C=O) groups is 2. The monoisotopic (exact) mass is 324 g/mol. The summed E-state index contributed by atoms with van der Waals surface area (Å²) in [6.45, 7) is 6.91. The second kappa shape index (κ2) is 9.94. The van der Waals surface area contributed by atoms with Gasteiger partial charge in [-0.3, -0.25) is 9.59 Å². The summed E-state index contributed by atoms with van der Waals surface area (Å²) >= 11 is 0. The van der Waals surface area contributed by atoms with E-state index in [0.29, 0.717) is 12.5 Å². The van der Waals surface area contributed by atoms with Crippen LogP contribution in [-0.2, 0) is 9.59 Å². The van der Waals surface area contributed by atoms with E-state index < -0.39 is 0 Å². The van der Waals surface area contributed by atoms with Gasteiger partial charge in [0, 0.05) is 18.0 Å². The molecule has 0 aliphatic rings. The summed E-state index contributed by atoms with van der Waals surface area (Å²) in [6, 6.07) is 6.40. The second-order valence-corrected chi connectivity index (χ2v) is 5.89. The molecule has 0 aliphatic heterocycles. The van der Waals surface area contributed by atoms with Crippen LogP contribution in [0.1, 0.15) is 38.8 Å². The van der Waals surface area contributed by atoms with E-state index in [0.717, 1.165) is 12.0 Å². The fraction of sp³-hybridized carbons (Fsp3) is 0.529. The van der Waals surface area contributed by atoms with Crippen LogP contribution in [0.25, 0.3) is 0 Å². The van der Waals surface area contributed by atoms with E-state index in [1.165, 1.54) is 12.1 Å². The Morgan fingerprint density at radius 1 is 1.13 bits per heavy atom. The fourth-order valence-corrected chi connectivity index (χ4v) is 2.29. The fourth-order valence-electron chi connectivity index (χ4n) is 2.29. The van der Waals surface area contributed by atoms with Crippen molar-refractivity contribution in [2.45, 2.75) is 33.2 Å². The van der Waals surface area contributed by atoms with Crippen LogP contribution in [0, 0.1) is 11.7 Å². The molecule has 0 bridgehead atoms. The molecule has 0 aromatic heterocycles. The molecule has 1 atom stereocenters. The Bertz CT molecular complexity index is 503. The average Bonchev–Trinajstić information content (AvgIpc) is 2.52. The summed E-state index contributed by atoms with van der Waals surface area (Å²) in [5.74, 6) is -0.350. The number of nitrogens with one attached hydrogen (secondary N) is 2. The standard InChI is InChI=1S/C17H26FN3O2/c1-4-9-19-15(22)10-20-16(23)11-21-17(12(2)3)13-5-7-14(18)8-6-13/h5-8,12,17,21H,4,9-11H2,1-3H3,(H,19,22)(H,20,23)/p+1/t17-/m1/s1. The molecular formula is C17H27FN3O2+. The first-order valence-corrected chi connectivity index (χ1v) is 8.06. The SMILES string of the molecule is CCCNC(=O)CNC(=O)C[NH2+][C@@H](c1ccc(F)cc1)C(C)C. The predicted octanol–water partition coefficient (Wildman–Crippen LogP) is 0.729. The third-order valence-electron chi connectivity index (χ3n) is 3.55. The van der Waals surface area contributed by atoms with Gasteiger partial charge in [0.1, 0.15) is 11.9 Å². The largest absolute Gasteiger partial charge is 0.355 e. The van der Waals surface area contributed by atoms with Crippen molar-refractivity contribution in [3.05, 3.63) is 35.6 Å². The van der Waals surface area contributed by atoms with E-state index in [2.05, 4.69) is 24.5 Å². The van der Waals surface area contributed by atoms with Crippen molar-refractivity contribution in [2.75, 3.05) is 19.6 Å². The highest BCUT2D eigenvalue weighted by Gasteiger charge is 2.20. The van der Waals surface area contributed by atoms with Crippen LogP contribution < -0.4 is 16.0 Å². The van der Waals surface area contributed by atoms with Crippen molar-refractivity contribution < 1.29 is 19.3 Å². The number of carbonyl (C=O) groups excluding carboxylic acids is 2. The topological polar surface area (TPSA) is 74.8 Å². The molecule has 0 saturated heterocycles. The molecule has 1 rings (SSSR count). The summed E-state index contributed by atoms with van der Waals surface area (Å²) in [7, 11) is 0. The van der Waals surface area contributed by atoms with Crippen molar-refractivity contribution in [2.24, 2.45) is 5.92 Å². The molecule has 0 saturated carbocycles. The molecule has 0 spiro atoms. The van der Waals surface area contributed by atoms with E-state index >= 15 is 0 Å². The number of nitrogens with two attached hydrogens (primary N) is 1. The van der Waals surface area contributed by atoms with Crippen LogP contribution in [0.4, 0.5) is 4.39 Å². The minimum atomic E-state index is -0.271. The number of hydrogen-bond acceptors (Lipinski definition) is 2. The molecule has 23 heavy (non-hydrogen) atoms. The van der Waals surface area contributed by atoms with E-state index in [-0.39, 0.29) is 36.8 Å². The smallest absolute Gasteiger partial charge is 0.275 e. The van der Waals surface area contributed by atoms with Crippen molar-refractivity contribution in [1.29, 1.82) is 0 Å². The molecule has 2 amide bonds. The number of hydrogen-bond donors (Lipinski definition) is 3. The average molecular weight is 324 g/mol. The molecule has 5 nitrogen and oxygen atoms in total. The second-order valence-electron chi connectivity index (χ2n) is 5.89. The van der Waals surface area contributed by atoms with Crippen molar-refractivity contribution in [3.8, 4) is 0 Å². The molecule has 1 aromatic rings. The van der Waals surface area contributed by atoms with Gasteiger partial charge in [-0.05, 0) is 18.6 Å². The van der Waals surface area contributed by atoms with Crippen LogP contribution >= 0.6 is 0 Å². The molecule has 1 aromatic carbocycles. The number of amides is 2. The van der Waals surface area contributed by atoms with Crippen LogP contribution in [-0.4, -0.2) is 31.4 Å². The third kappa shape index (κ3) is 7.23. The van der Waals surface area contributed by atoms with Crippen molar-refractivity contribution >= 4 is 11.8 Å². The quantitative estimate of drug-likeness (QED) is 0.626. The Morgan fingerprint density at radius 2 is 1.78 bits per heavy atom. The molecule has 0 radical (unpaired) electrons. The summed E-state index contributed by atoms with van der Waals surface area (Å²) in [6.07, 6.45) is 0.862. The predicted molar refractivity (Wildman–Crippen MR) is 87.1 cm³/mol. The van der Waals surface area contributed by atoms with Gasteiger partial charge in [-0.2, -0.15) is 0 Å². The zero-order valence-corrected chi connectivity index (χ0v) is 14.1. The van der Waals surface area contributed by atoms with Gasteiger partial charge < -0.3 is 16.0 Å². The molecule has 0 unspecified atom stereocenters. The van der Waals surface area contributed by atoms with Crippen molar-refractivity contribution in [1.82, 2.24) is 10.6 Å². The Hall–Kier alpha value is -1.95. The summed E-state index contributed by atoms with van der Waals surface area (Å²) in [4.78, 5) is 23.3. The lowest BCUT2D eigenvalue weighted by Crippen LogP contribution is -2.88. The van der Waals surface area contributed by atoms with Gasteiger partial charge in [-0.1, -0.05) is 32.9 Å². The van der Waals surface area contributed by atoms with E-state index in [1.54, 1.807) is 12.1 Å². The van der Waals surface area contributed by atoms with E-state index in [1.807, 2.05) is 12.2 Å². The summed E-state index contributed by atoms with van der Waals surface area (Å²) in [5, 5.41) is 7.22. The number of halogens is 1. The highest BCUT2D eigenvalue weighted by Crippen LogP contribution is 2.17. The minimum Gasteiger partial charge on any atom is -0.355 e. The minimum absolute atomic E-state index is 0.00440. The Labute approximate surface area is 137 Å². The van der Waals surface area contributed by atoms with Gasteiger partial charge in [0.25, 0.3) is 5.91 Å². The van der Waals surface area contributed by atoms with Crippen LogP contribution in [0.15, 0.2) is 24.3 Å². The maximum atomic E-state index is 13.0. The van der Waals surface area contributed by atoms with Gasteiger partial charge in [0.05, 0.1) is 6.54 Å². The third-order valence-corrected chi connectivity index (χ3v) is 3.55. The number of rotatable bonds is 9. The first kappa shape index (κ1) is 19.1. The number of quaternary nitrogens is 1. The van der Waals surface area contributed by atoms with E-state index in [9.17, 15) is 14.0 Å². The maximum Gasteiger partial charge on any atom is 0.275 e. The summed E-state index contributed by atoms with van der Waals surface area (Å²) in [5.41, 5.74) is 0.981. The summed E-state index contributed by atoms with van der Waals surface area (Å²) < 4.78 is 13.0. The molecule has 0 aliphatic carbocycles. The molecule has 6 heteroatoms. The van der Waals surface area contributed by atoms with Gasteiger partial charge in [0.15, 0.2) is 6.54 Å². The van der Waals surface area contributed by atoms with Gasteiger partial charge >= 0.3 is 0 Å². The molecule has 0 fully saturated rings. The lowest BCUT2D eigenvalue weighted by atomic mass is 9.96. The van der Waals surface area contributed by atoms with Crippen LogP contribution in [0.2, 0.25) is 0 Å². The van der Waals surface area contributed by atoms with Crippen molar-refractivity contribution in [3.63, 3.8) is 0 Å². The zero-order valence-electron chi connectivity index (χ0n) is 14.1. The van der Waals surface area contributed by atoms with Crippen LogP contribution in [0.5, 0.6) is 0 Å². The first-order chi connectivity index (χ1) is 10.9. The molecule has 4 N–H and O–H groups in total. The van der Waals surface area contributed by atoms with E-state index in [4.69, 9.17) is 0 Å². The van der Waals surface area contributed by atoms with Gasteiger partial charge in [-0.15, -0.1) is 0 Å². The lowest BCUT2D eigenvalue weighted by Gasteiger charge is -2.19. The molecular weight excluding hydrogens is 297 g/mol.